The van der Waals surface area contributed by atoms with E-state index in [0.717, 1.165) is 49.5 Å². The van der Waals surface area contributed by atoms with Crippen molar-refractivity contribution < 1.29 is 23.9 Å². The van der Waals surface area contributed by atoms with Gasteiger partial charge in [-0.25, -0.2) is 0 Å². The van der Waals surface area contributed by atoms with Crippen LogP contribution in [0.3, 0.4) is 0 Å². The summed E-state index contributed by atoms with van der Waals surface area (Å²) < 4.78 is 13.7. The van der Waals surface area contributed by atoms with E-state index in [4.69, 9.17) is 9.47 Å². The van der Waals surface area contributed by atoms with Gasteiger partial charge in [-0.05, 0) is 102 Å². The van der Waals surface area contributed by atoms with Crippen LogP contribution < -0.4 is 9.47 Å². The molecule has 36 heavy (non-hydrogen) atoms. The maximum atomic E-state index is 13.0. The molecule has 190 valence electrons. The van der Waals surface area contributed by atoms with Gasteiger partial charge in [-0.15, -0.1) is 0 Å². The molecular formula is C26H26BrIN2O5S. The summed E-state index contributed by atoms with van der Waals surface area (Å²) in [5.74, 6) is 0.558. The molecule has 2 heterocycles. The lowest BCUT2D eigenvalue weighted by Gasteiger charge is -2.27. The Balaban J connectivity index is 1.50. The zero-order valence-corrected chi connectivity index (χ0v) is 24.4. The number of hydrogen-bond donors (Lipinski definition) is 0. The van der Waals surface area contributed by atoms with Crippen molar-refractivity contribution in [3.63, 3.8) is 0 Å². The molecule has 0 saturated carbocycles. The number of rotatable bonds is 8. The van der Waals surface area contributed by atoms with E-state index in [1.54, 1.807) is 17.0 Å². The fourth-order valence-electron chi connectivity index (χ4n) is 3.98. The topological polar surface area (TPSA) is 76.2 Å². The summed E-state index contributed by atoms with van der Waals surface area (Å²) in [6, 6.07) is 11.6. The van der Waals surface area contributed by atoms with Crippen LogP contribution >= 0.6 is 50.3 Å². The number of piperidine rings is 1. The average Bonchev–Trinajstić information content (AvgIpc) is 3.12. The number of carbonyl (C=O) groups excluding carboxylic acids is 3. The molecule has 0 atom stereocenters. The quantitative estimate of drug-likeness (QED) is 0.248. The molecule has 4 rings (SSSR count). The van der Waals surface area contributed by atoms with Gasteiger partial charge in [0.15, 0.2) is 11.5 Å². The van der Waals surface area contributed by atoms with Crippen LogP contribution in [0.1, 0.15) is 37.3 Å². The molecule has 2 aromatic rings. The maximum absolute atomic E-state index is 13.0. The number of halogens is 2. The Morgan fingerprint density at radius 2 is 1.83 bits per heavy atom. The average molecular weight is 685 g/mol. The highest BCUT2D eigenvalue weighted by Gasteiger charge is 2.37. The van der Waals surface area contributed by atoms with Crippen molar-refractivity contribution in [2.75, 3.05) is 26.2 Å². The van der Waals surface area contributed by atoms with Crippen molar-refractivity contribution >= 4 is 73.4 Å². The molecule has 2 aliphatic heterocycles. The van der Waals surface area contributed by atoms with Crippen molar-refractivity contribution in [2.24, 2.45) is 0 Å². The first-order valence-corrected chi connectivity index (χ1v) is 14.4. The van der Waals surface area contributed by atoms with Crippen LogP contribution in [0.5, 0.6) is 11.5 Å². The van der Waals surface area contributed by atoms with E-state index in [0.29, 0.717) is 43.4 Å². The number of likely N-dealkylation sites (tertiary alicyclic amines) is 1. The second-order valence-corrected chi connectivity index (χ2v) is 11.5. The number of ether oxygens (including phenoxy) is 2. The summed E-state index contributed by atoms with van der Waals surface area (Å²) >= 11 is 6.47. The van der Waals surface area contributed by atoms with Gasteiger partial charge in [-0.3, -0.25) is 19.3 Å². The van der Waals surface area contributed by atoms with E-state index in [9.17, 15) is 14.4 Å². The first-order valence-electron chi connectivity index (χ1n) is 11.7. The number of thioether (sulfide) groups is 1. The Bertz CT molecular complexity index is 1180. The Morgan fingerprint density at radius 1 is 1.11 bits per heavy atom. The van der Waals surface area contributed by atoms with Crippen molar-refractivity contribution in [3.05, 3.63) is 60.5 Å². The number of amides is 3. The molecule has 2 aliphatic rings. The Morgan fingerprint density at radius 3 is 2.53 bits per heavy atom. The lowest BCUT2D eigenvalue weighted by molar-refractivity contribution is -0.136. The summed E-state index contributed by atoms with van der Waals surface area (Å²) in [4.78, 5) is 41.2. The first kappa shape index (κ1) is 27.0. The standard InChI is InChI=1S/C26H26BrIN2O5S/c1-2-34-21-13-18(12-20(28)24(21)35-16-17-6-8-19(27)9-7-17)14-22-25(32)30(26(33)36-22)15-23(31)29-10-4-3-5-11-29/h6-9,12-14H,2-5,10-11,15-16H2,1H3/b22-14-. The fraction of sp³-hybridized carbons (Fsp3) is 0.346. The van der Waals surface area contributed by atoms with E-state index in [2.05, 4.69) is 38.5 Å². The van der Waals surface area contributed by atoms with Crippen LogP contribution in [0.2, 0.25) is 0 Å². The SMILES string of the molecule is CCOc1cc(/C=C2\SC(=O)N(CC(=O)N3CCCCC3)C2=O)cc(I)c1OCc1ccc(Br)cc1. The predicted molar refractivity (Wildman–Crippen MR) is 152 cm³/mol. The third-order valence-electron chi connectivity index (χ3n) is 5.80. The maximum Gasteiger partial charge on any atom is 0.294 e. The van der Waals surface area contributed by atoms with Crippen LogP contribution in [0, 0.1) is 3.57 Å². The van der Waals surface area contributed by atoms with E-state index in [1.165, 1.54) is 0 Å². The molecule has 0 N–H and O–H groups in total. The van der Waals surface area contributed by atoms with Crippen LogP contribution in [-0.4, -0.2) is 53.1 Å². The molecule has 10 heteroatoms. The minimum Gasteiger partial charge on any atom is -0.490 e. The minimum absolute atomic E-state index is 0.182. The van der Waals surface area contributed by atoms with Crippen molar-refractivity contribution in [1.82, 2.24) is 9.80 Å². The molecule has 2 fully saturated rings. The van der Waals surface area contributed by atoms with Crippen molar-refractivity contribution in [3.8, 4) is 11.5 Å². The van der Waals surface area contributed by atoms with Gasteiger partial charge >= 0.3 is 0 Å². The molecule has 0 aliphatic carbocycles. The van der Waals surface area contributed by atoms with Crippen LogP contribution in [0.25, 0.3) is 6.08 Å². The second-order valence-electron chi connectivity index (χ2n) is 8.39. The normalized spacial score (nSPS) is 17.1. The van der Waals surface area contributed by atoms with Gasteiger partial charge in [-0.2, -0.15) is 0 Å². The van der Waals surface area contributed by atoms with Crippen molar-refractivity contribution in [2.45, 2.75) is 32.8 Å². The Kier molecular flexibility index (Phi) is 9.35. The number of nitrogens with zero attached hydrogens (tertiary/aromatic N) is 2. The number of hydrogen-bond acceptors (Lipinski definition) is 6. The molecule has 2 saturated heterocycles. The van der Waals surface area contributed by atoms with E-state index in [-0.39, 0.29) is 17.4 Å². The van der Waals surface area contributed by atoms with Gasteiger partial charge < -0.3 is 14.4 Å². The Labute approximate surface area is 236 Å². The molecule has 3 amide bonds. The zero-order valence-electron chi connectivity index (χ0n) is 19.8. The minimum atomic E-state index is -0.445. The van der Waals surface area contributed by atoms with E-state index in [1.807, 2.05) is 37.3 Å². The second kappa shape index (κ2) is 12.5. The van der Waals surface area contributed by atoms with E-state index < -0.39 is 11.1 Å². The number of imide groups is 1. The molecule has 0 aromatic heterocycles. The third kappa shape index (κ3) is 6.63. The smallest absolute Gasteiger partial charge is 0.294 e. The highest BCUT2D eigenvalue weighted by Crippen LogP contribution is 2.38. The fourth-order valence-corrected chi connectivity index (χ4v) is 5.86. The van der Waals surface area contributed by atoms with Gasteiger partial charge in [0.25, 0.3) is 11.1 Å². The molecule has 2 aromatic carbocycles. The predicted octanol–water partition coefficient (Wildman–Crippen LogP) is 6.08. The highest BCUT2D eigenvalue weighted by molar-refractivity contribution is 14.1. The van der Waals surface area contributed by atoms with Gasteiger partial charge in [0.05, 0.1) is 15.1 Å². The monoisotopic (exact) mass is 684 g/mol. The number of benzene rings is 2. The largest absolute Gasteiger partial charge is 0.490 e. The lowest BCUT2D eigenvalue weighted by Crippen LogP contribution is -2.44. The van der Waals surface area contributed by atoms with Crippen LogP contribution in [-0.2, 0) is 16.2 Å². The summed E-state index contributed by atoms with van der Waals surface area (Å²) in [6.45, 7) is 3.87. The van der Waals surface area contributed by atoms with Crippen LogP contribution in [0.4, 0.5) is 4.79 Å². The summed E-state index contributed by atoms with van der Waals surface area (Å²) in [7, 11) is 0. The molecule has 0 bridgehead atoms. The summed E-state index contributed by atoms with van der Waals surface area (Å²) in [5, 5.41) is -0.425. The summed E-state index contributed by atoms with van der Waals surface area (Å²) in [5.41, 5.74) is 1.74. The molecular weight excluding hydrogens is 659 g/mol. The highest BCUT2D eigenvalue weighted by atomic mass is 127. The van der Waals surface area contributed by atoms with Gasteiger partial charge in [0.2, 0.25) is 5.91 Å². The third-order valence-corrected chi connectivity index (χ3v) is 8.04. The number of carbonyl (C=O) groups is 3. The zero-order chi connectivity index (χ0) is 25.7. The van der Waals surface area contributed by atoms with Gasteiger partial charge in [0.1, 0.15) is 13.2 Å². The molecule has 0 radical (unpaired) electrons. The molecule has 0 spiro atoms. The Hall–Kier alpha value is -2.05. The van der Waals surface area contributed by atoms with Gasteiger partial charge in [0, 0.05) is 17.6 Å². The van der Waals surface area contributed by atoms with Crippen LogP contribution in [0.15, 0.2) is 45.8 Å². The lowest BCUT2D eigenvalue weighted by atomic mass is 10.1. The molecule has 0 unspecified atom stereocenters. The van der Waals surface area contributed by atoms with E-state index >= 15 is 0 Å². The van der Waals surface area contributed by atoms with Crippen molar-refractivity contribution in [1.29, 1.82) is 0 Å². The van der Waals surface area contributed by atoms with Gasteiger partial charge in [-0.1, -0.05) is 28.1 Å². The first-order chi connectivity index (χ1) is 17.4. The summed E-state index contributed by atoms with van der Waals surface area (Å²) in [6.07, 6.45) is 4.68. The molecule has 7 nitrogen and oxygen atoms in total.